The zero-order valence-electron chi connectivity index (χ0n) is 15.3. The average Bonchev–Trinajstić information content (AvgIpc) is 2.66. The highest BCUT2D eigenvalue weighted by atomic mass is 32.2. The first-order chi connectivity index (χ1) is 12.8. The predicted molar refractivity (Wildman–Crippen MR) is 104 cm³/mol. The van der Waals surface area contributed by atoms with Crippen LogP contribution in [0.2, 0.25) is 0 Å². The summed E-state index contributed by atoms with van der Waals surface area (Å²) in [6.45, 7) is 3.30. The van der Waals surface area contributed by atoms with Crippen molar-refractivity contribution in [1.82, 2.24) is 0 Å². The monoisotopic (exact) mass is 384 g/mol. The highest BCUT2D eigenvalue weighted by Crippen LogP contribution is 2.23. The molecule has 0 amide bonds. The van der Waals surface area contributed by atoms with Crippen LogP contribution in [0.1, 0.15) is 22.8 Å². The Morgan fingerprint density at radius 3 is 2.22 bits per heavy atom. The van der Waals surface area contributed by atoms with E-state index in [-0.39, 0.29) is 4.90 Å². The van der Waals surface area contributed by atoms with Crippen molar-refractivity contribution in [3.8, 4) is 5.75 Å². The molecule has 6 heteroatoms. The maximum atomic E-state index is 12.7. The van der Waals surface area contributed by atoms with E-state index in [4.69, 9.17) is 8.92 Å². The van der Waals surface area contributed by atoms with Crippen molar-refractivity contribution in [3.05, 3.63) is 71.8 Å². The van der Waals surface area contributed by atoms with Crippen molar-refractivity contribution in [2.24, 2.45) is 0 Å². The quantitative estimate of drug-likeness (QED) is 0.472. The van der Waals surface area contributed by atoms with Crippen molar-refractivity contribution in [3.63, 3.8) is 0 Å². The normalized spacial score (nSPS) is 12.7. The number of fused-ring (bicyclic) bond motifs is 1. The van der Waals surface area contributed by atoms with Gasteiger partial charge in [0, 0.05) is 5.56 Å². The molecular formula is C21H20O5S. The van der Waals surface area contributed by atoms with Crippen molar-refractivity contribution in [2.75, 3.05) is 7.11 Å². The van der Waals surface area contributed by atoms with E-state index in [1.165, 1.54) is 19.1 Å². The van der Waals surface area contributed by atoms with Gasteiger partial charge in [0.2, 0.25) is 0 Å². The van der Waals surface area contributed by atoms with Gasteiger partial charge >= 0.3 is 0 Å². The summed E-state index contributed by atoms with van der Waals surface area (Å²) in [4.78, 5) is 12.7. The van der Waals surface area contributed by atoms with Gasteiger partial charge < -0.3 is 4.74 Å². The molecular weight excluding hydrogens is 364 g/mol. The molecule has 0 N–H and O–H groups in total. The molecule has 3 aromatic carbocycles. The Bertz CT molecular complexity index is 1090. The average molecular weight is 384 g/mol. The molecule has 0 spiro atoms. The summed E-state index contributed by atoms with van der Waals surface area (Å²) in [7, 11) is -2.43. The molecule has 3 aromatic rings. The molecule has 0 radical (unpaired) electrons. The van der Waals surface area contributed by atoms with Gasteiger partial charge in [0.05, 0.1) is 12.0 Å². The fourth-order valence-electron chi connectivity index (χ4n) is 2.73. The summed E-state index contributed by atoms with van der Waals surface area (Å²) in [5.74, 6) is 0.325. The number of hydrogen-bond acceptors (Lipinski definition) is 5. The number of ketones is 1. The zero-order chi connectivity index (χ0) is 19.6. The molecule has 0 unspecified atom stereocenters. The SMILES string of the molecule is COc1ccc2cc(C(=O)[C@H](C)OS(=O)(=O)c3ccc(C)cc3)ccc2c1. The smallest absolute Gasteiger partial charge is 0.297 e. The van der Waals surface area contributed by atoms with Crippen LogP contribution in [-0.4, -0.2) is 27.4 Å². The molecule has 1 atom stereocenters. The molecule has 0 aliphatic heterocycles. The van der Waals surface area contributed by atoms with E-state index >= 15 is 0 Å². The molecule has 0 heterocycles. The number of carbonyl (C=O) groups excluding carboxylic acids is 1. The predicted octanol–water partition coefficient (Wildman–Crippen LogP) is 4.13. The number of aryl methyl sites for hydroxylation is 1. The highest BCUT2D eigenvalue weighted by Gasteiger charge is 2.24. The van der Waals surface area contributed by atoms with Gasteiger partial charge in [-0.2, -0.15) is 8.42 Å². The third-order valence-electron chi connectivity index (χ3n) is 4.28. The molecule has 5 nitrogen and oxygen atoms in total. The van der Waals surface area contributed by atoms with Crippen molar-refractivity contribution < 1.29 is 22.1 Å². The fraction of sp³-hybridized carbons (Fsp3) is 0.190. The van der Waals surface area contributed by atoms with E-state index in [0.29, 0.717) is 5.56 Å². The van der Waals surface area contributed by atoms with E-state index in [1.807, 2.05) is 19.1 Å². The number of methoxy groups -OCH3 is 1. The summed E-state index contributed by atoms with van der Waals surface area (Å²) in [6.07, 6.45) is -1.13. The molecule has 0 aromatic heterocycles. The molecule has 140 valence electrons. The van der Waals surface area contributed by atoms with Crippen LogP contribution in [0.3, 0.4) is 0 Å². The zero-order valence-corrected chi connectivity index (χ0v) is 16.1. The van der Waals surface area contributed by atoms with Crippen molar-refractivity contribution in [2.45, 2.75) is 24.8 Å². The first kappa shape index (κ1) is 19.1. The maximum absolute atomic E-state index is 12.7. The molecule has 0 saturated heterocycles. The summed E-state index contributed by atoms with van der Waals surface area (Å²) < 4.78 is 35.1. The third kappa shape index (κ3) is 4.18. The summed E-state index contributed by atoms with van der Waals surface area (Å²) in [5, 5.41) is 1.78. The largest absolute Gasteiger partial charge is 0.497 e. The number of Topliss-reactive ketones (excluding diaryl/α,β-unsaturated/α-hetero) is 1. The lowest BCUT2D eigenvalue weighted by atomic mass is 10.0. The topological polar surface area (TPSA) is 69.7 Å². The molecule has 0 fully saturated rings. The van der Waals surface area contributed by atoms with Crippen LogP contribution in [-0.2, 0) is 14.3 Å². The van der Waals surface area contributed by atoms with Crippen LogP contribution in [0.25, 0.3) is 10.8 Å². The molecule has 0 saturated carbocycles. The van der Waals surface area contributed by atoms with Crippen LogP contribution in [0.5, 0.6) is 5.75 Å². The van der Waals surface area contributed by atoms with Crippen LogP contribution in [0, 0.1) is 6.92 Å². The van der Waals surface area contributed by atoms with Gasteiger partial charge in [0.1, 0.15) is 11.9 Å². The summed E-state index contributed by atoms with van der Waals surface area (Å²) in [6, 6.07) is 17.0. The van der Waals surface area contributed by atoms with Crippen LogP contribution in [0.4, 0.5) is 0 Å². The highest BCUT2D eigenvalue weighted by molar-refractivity contribution is 7.86. The minimum Gasteiger partial charge on any atom is -0.497 e. The van der Waals surface area contributed by atoms with E-state index in [9.17, 15) is 13.2 Å². The van der Waals surface area contributed by atoms with Gasteiger partial charge in [0.15, 0.2) is 5.78 Å². The lowest BCUT2D eigenvalue weighted by Crippen LogP contribution is -2.24. The Labute approximate surface area is 158 Å². The first-order valence-electron chi connectivity index (χ1n) is 8.42. The standard InChI is InChI=1S/C21H20O5S/c1-14-4-10-20(11-5-14)27(23,24)26-15(2)21(22)18-7-6-17-13-19(25-3)9-8-16(17)12-18/h4-13,15H,1-3H3/t15-/m0/s1. The lowest BCUT2D eigenvalue weighted by Gasteiger charge is -2.13. The second kappa shape index (κ2) is 7.50. The second-order valence-electron chi connectivity index (χ2n) is 6.30. The van der Waals surface area contributed by atoms with Crippen LogP contribution in [0.15, 0.2) is 65.6 Å². The lowest BCUT2D eigenvalue weighted by molar-refractivity contribution is 0.0826. The van der Waals surface area contributed by atoms with Gasteiger partial charge in [-0.3, -0.25) is 8.98 Å². The minimum atomic E-state index is -4.02. The number of benzene rings is 3. The van der Waals surface area contributed by atoms with Gasteiger partial charge in [-0.1, -0.05) is 35.9 Å². The molecule has 3 rings (SSSR count). The Morgan fingerprint density at radius 2 is 1.56 bits per heavy atom. The maximum Gasteiger partial charge on any atom is 0.297 e. The third-order valence-corrected chi connectivity index (χ3v) is 5.67. The fourth-order valence-corrected chi connectivity index (χ4v) is 3.78. The Balaban J connectivity index is 1.82. The van der Waals surface area contributed by atoms with Crippen LogP contribution >= 0.6 is 0 Å². The molecule has 0 aliphatic rings. The van der Waals surface area contributed by atoms with Crippen molar-refractivity contribution in [1.29, 1.82) is 0 Å². The number of rotatable bonds is 6. The Hall–Kier alpha value is -2.70. The Kier molecular flexibility index (Phi) is 5.30. The molecule has 0 bridgehead atoms. The summed E-state index contributed by atoms with van der Waals surface area (Å²) in [5.41, 5.74) is 1.32. The van der Waals surface area contributed by atoms with E-state index in [0.717, 1.165) is 22.1 Å². The van der Waals surface area contributed by atoms with Gasteiger partial charge in [-0.05, 0) is 55.0 Å². The van der Waals surface area contributed by atoms with Gasteiger partial charge in [-0.25, -0.2) is 0 Å². The first-order valence-corrected chi connectivity index (χ1v) is 9.83. The summed E-state index contributed by atoms with van der Waals surface area (Å²) >= 11 is 0. The van der Waals surface area contributed by atoms with E-state index < -0.39 is 22.0 Å². The minimum absolute atomic E-state index is 0.0263. The van der Waals surface area contributed by atoms with Crippen LogP contribution < -0.4 is 4.74 Å². The number of ether oxygens (including phenoxy) is 1. The molecule has 0 aliphatic carbocycles. The van der Waals surface area contributed by atoms with E-state index in [2.05, 4.69) is 0 Å². The van der Waals surface area contributed by atoms with Crippen molar-refractivity contribution >= 4 is 26.7 Å². The number of carbonyl (C=O) groups is 1. The van der Waals surface area contributed by atoms with E-state index in [1.54, 1.807) is 43.5 Å². The second-order valence-corrected chi connectivity index (χ2v) is 7.87. The van der Waals surface area contributed by atoms with Gasteiger partial charge in [-0.15, -0.1) is 0 Å². The Morgan fingerprint density at radius 1 is 0.926 bits per heavy atom. The number of hydrogen-bond donors (Lipinski definition) is 0. The molecule has 27 heavy (non-hydrogen) atoms. The van der Waals surface area contributed by atoms with Gasteiger partial charge in [0.25, 0.3) is 10.1 Å².